The summed E-state index contributed by atoms with van der Waals surface area (Å²) in [6, 6.07) is 4.48. The molecule has 0 fully saturated rings. The molecule has 0 saturated carbocycles. The smallest absolute Gasteiger partial charge is 0.341 e. The van der Waals surface area contributed by atoms with Crippen LogP contribution in [0.3, 0.4) is 0 Å². The Labute approximate surface area is 96.4 Å². The Hall–Kier alpha value is -2.37. The van der Waals surface area contributed by atoms with Crippen LogP contribution in [0.2, 0.25) is 0 Å². The summed E-state index contributed by atoms with van der Waals surface area (Å²) in [5.41, 5.74) is 0.0787. The standard InChI is InChI=1S/C11H10N2O4/c1-16-11(15)8-5-9(17-7-8)6-13-10(14)3-2-4-12-13/h2-5,7H,6H2,1H3. The third-order valence-corrected chi connectivity index (χ3v) is 2.17. The maximum atomic E-state index is 11.4. The van der Waals surface area contributed by atoms with Crippen LogP contribution >= 0.6 is 0 Å². The molecule has 2 aromatic rings. The van der Waals surface area contributed by atoms with Gasteiger partial charge in [0, 0.05) is 12.3 Å². The third kappa shape index (κ3) is 2.41. The summed E-state index contributed by atoms with van der Waals surface area (Å²) in [5.74, 6) is -0.0143. The van der Waals surface area contributed by atoms with Crippen molar-refractivity contribution in [1.82, 2.24) is 9.78 Å². The molecule has 2 rings (SSSR count). The Balaban J connectivity index is 2.20. The van der Waals surface area contributed by atoms with Crippen molar-refractivity contribution in [3.63, 3.8) is 0 Å². The molecule has 6 nitrogen and oxygen atoms in total. The monoisotopic (exact) mass is 234 g/mol. The summed E-state index contributed by atoms with van der Waals surface area (Å²) in [6.07, 6.45) is 2.79. The molecule has 0 aliphatic heterocycles. The van der Waals surface area contributed by atoms with E-state index in [0.29, 0.717) is 11.3 Å². The highest BCUT2D eigenvalue weighted by Crippen LogP contribution is 2.09. The Morgan fingerprint density at radius 1 is 1.59 bits per heavy atom. The quantitative estimate of drug-likeness (QED) is 0.730. The first-order valence-corrected chi connectivity index (χ1v) is 4.88. The second kappa shape index (κ2) is 4.65. The molecule has 0 N–H and O–H groups in total. The highest BCUT2D eigenvalue weighted by atomic mass is 16.5. The summed E-state index contributed by atoms with van der Waals surface area (Å²) >= 11 is 0. The van der Waals surface area contributed by atoms with Gasteiger partial charge in [-0.1, -0.05) is 0 Å². The molecule has 0 atom stereocenters. The van der Waals surface area contributed by atoms with E-state index in [9.17, 15) is 9.59 Å². The molecule has 0 aliphatic carbocycles. The first kappa shape index (κ1) is 11.1. The van der Waals surface area contributed by atoms with E-state index in [2.05, 4.69) is 9.84 Å². The number of furan rings is 1. The molecule has 6 heteroatoms. The van der Waals surface area contributed by atoms with Gasteiger partial charge in [0.1, 0.15) is 18.6 Å². The molecular formula is C11H10N2O4. The fourth-order valence-electron chi connectivity index (χ4n) is 1.34. The lowest BCUT2D eigenvalue weighted by atomic mass is 10.3. The summed E-state index contributed by atoms with van der Waals surface area (Å²) in [6.45, 7) is 0.177. The lowest BCUT2D eigenvalue weighted by Gasteiger charge is -1.99. The van der Waals surface area contributed by atoms with Gasteiger partial charge in [0.2, 0.25) is 0 Å². The molecule has 0 bridgehead atoms. The van der Waals surface area contributed by atoms with E-state index >= 15 is 0 Å². The van der Waals surface area contributed by atoms with E-state index in [1.54, 1.807) is 6.07 Å². The lowest BCUT2D eigenvalue weighted by Crippen LogP contribution is -2.21. The molecule has 2 aromatic heterocycles. The Morgan fingerprint density at radius 2 is 2.41 bits per heavy atom. The van der Waals surface area contributed by atoms with Gasteiger partial charge in [0.25, 0.3) is 5.56 Å². The van der Waals surface area contributed by atoms with Gasteiger partial charge in [-0.05, 0) is 12.1 Å². The molecule has 17 heavy (non-hydrogen) atoms. The number of esters is 1. The van der Waals surface area contributed by atoms with E-state index in [0.717, 1.165) is 0 Å². The van der Waals surface area contributed by atoms with Crippen LogP contribution in [0, 0.1) is 0 Å². The van der Waals surface area contributed by atoms with Crippen LogP contribution in [0.15, 0.2) is 39.9 Å². The number of hydrogen-bond acceptors (Lipinski definition) is 5. The minimum atomic E-state index is -0.478. The lowest BCUT2D eigenvalue weighted by molar-refractivity contribution is 0.0600. The second-order valence-corrected chi connectivity index (χ2v) is 3.31. The van der Waals surface area contributed by atoms with Crippen LogP contribution in [0.4, 0.5) is 0 Å². The van der Waals surface area contributed by atoms with Crippen molar-refractivity contribution in [3.05, 3.63) is 52.3 Å². The SMILES string of the molecule is COC(=O)c1coc(Cn2ncccc2=O)c1. The summed E-state index contributed by atoms with van der Waals surface area (Å²) in [4.78, 5) is 22.6. The first-order chi connectivity index (χ1) is 8.20. The fraction of sp³-hybridized carbons (Fsp3) is 0.182. The zero-order valence-corrected chi connectivity index (χ0v) is 9.12. The highest BCUT2D eigenvalue weighted by Gasteiger charge is 2.10. The predicted octanol–water partition coefficient (Wildman–Crippen LogP) is 0.671. The normalized spacial score (nSPS) is 10.2. The van der Waals surface area contributed by atoms with Crippen molar-refractivity contribution in [1.29, 1.82) is 0 Å². The number of carbonyl (C=O) groups is 1. The van der Waals surface area contributed by atoms with Crippen molar-refractivity contribution in [2.24, 2.45) is 0 Å². The summed E-state index contributed by atoms with van der Waals surface area (Å²) < 4.78 is 10.9. The molecule has 0 radical (unpaired) electrons. The largest absolute Gasteiger partial charge is 0.466 e. The van der Waals surface area contributed by atoms with Gasteiger partial charge < -0.3 is 9.15 Å². The van der Waals surface area contributed by atoms with Crippen LogP contribution in [0.25, 0.3) is 0 Å². The number of nitrogens with zero attached hydrogens (tertiary/aromatic N) is 2. The van der Waals surface area contributed by atoms with Crippen LogP contribution in [0.1, 0.15) is 16.1 Å². The van der Waals surface area contributed by atoms with Gasteiger partial charge in [0.15, 0.2) is 0 Å². The van der Waals surface area contributed by atoms with Crippen LogP contribution < -0.4 is 5.56 Å². The maximum absolute atomic E-state index is 11.4. The fourth-order valence-corrected chi connectivity index (χ4v) is 1.34. The average molecular weight is 234 g/mol. The van der Waals surface area contributed by atoms with Gasteiger partial charge >= 0.3 is 5.97 Å². The Bertz CT molecular complexity index is 585. The predicted molar refractivity (Wildman–Crippen MR) is 57.6 cm³/mol. The topological polar surface area (TPSA) is 74.3 Å². The number of ether oxygens (including phenoxy) is 1. The van der Waals surface area contributed by atoms with E-state index in [1.165, 1.54) is 36.4 Å². The number of methoxy groups -OCH3 is 1. The van der Waals surface area contributed by atoms with Gasteiger partial charge in [-0.15, -0.1) is 0 Å². The molecule has 0 amide bonds. The van der Waals surface area contributed by atoms with Crippen LogP contribution in [0.5, 0.6) is 0 Å². The van der Waals surface area contributed by atoms with Crippen molar-refractivity contribution >= 4 is 5.97 Å². The number of hydrogen-bond donors (Lipinski definition) is 0. The minimum absolute atomic E-state index is 0.177. The minimum Gasteiger partial charge on any atom is -0.466 e. The zero-order chi connectivity index (χ0) is 12.3. The van der Waals surface area contributed by atoms with Gasteiger partial charge in [-0.25, -0.2) is 9.48 Å². The number of aromatic nitrogens is 2. The zero-order valence-electron chi connectivity index (χ0n) is 9.12. The van der Waals surface area contributed by atoms with E-state index in [4.69, 9.17) is 4.42 Å². The average Bonchev–Trinajstić information content (AvgIpc) is 2.80. The van der Waals surface area contributed by atoms with E-state index < -0.39 is 5.97 Å². The van der Waals surface area contributed by atoms with Gasteiger partial charge in [-0.2, -0.15) is 5.10 Å². The van der Waals surface area contributed by atoms with Gasteiger partial charge in [-0.3, -0.25) is 4.79 Å². The Morgan fingerprint density at radius 3 is 3.12 bits per heavy atom. The van der Waals surface area contributed by atoms with Crippen molar-refractivity contribution in [3.8, 4) is 0 Å². The van der Waals surface area contributed by atoms with Crippen molar-refractivity contribution in [2.75, 3.05) is 7.11 Å². The van der Waals surface area contributed by atoms with Gasteiger partial charge in [0.05, 0.1) is 12.7 Å². The van der Waals surface area contributed by atoms with Crippen molar-refractivity contribution in [2.45, 2.75) is 6.54 Å². The highest BCUT2D eigenvalue weighted by molar-refractivity contribution is 5.88. The molecule has 0 spiro atoms. The summed E-state index contributed by atoms with van der Waals surface area (Å²) in [7, 11) is 1.29. The second-order valence-electron chi connectivity index (χ2n) is 3.31. The molecule has 0 aromatic carbocycles. The Kier molecular flexibility index (Phi) is 3.04. The molecule has 2 heterocycles. The van der Waals surface area contributed by atoms with Crippen LogP contribution in [-0.2, 0) is 11.3 Å². The maximum Gasteiger partial charge on any atom is 0.341 e. The van der Waals surface area contributed by atoms with Crippen LogP contribution in [-0.4, -0.2) is 22.9 Å². The molecule has 88 valence electrons. The number of rotatable bonds is 3. The third-order valence-electron chi connectivity index (χ3n) is 2.17. The van der Waals surface area contributed by atoms with E-state index in [-0.39, 0.29) is 12.1 Å². The van der Waals surface area contributed by atoms with Crippen molar-refractivity contribution < 1.29 is 13.9 Å². The molecule has 0 unspecified atom stereocenters. The molecule has 0 aliphatic rings. The first-order valence-electron chi connectivity index (χ1n) is 4.88. The molecule has 0 saturated heterocycles. The van der Waals surface area contributed by atoms with E-state index in [1.807, 2.05) is 0 Å². The number of carbonyl (C=O) groups excluding carboxylic acids is 1. The molecular weight excluding hydrogens is 224 g/mol. The summed E-state index contributed by atoms with van der Waals surface area (Å²) in [5, 5.41) is 3.88.